The monoisotopic (exact) mass is 386 g/mol. The van der Waals surface area contributed by atoms with Crippen molar-refractivity contribution in [3.63, 3.8) is 0 Å². The van der Waals surface area contributed by atoms with Gasteiger partial charge >= 0.3 is 0 Å². The number of hydrogen-bond acceptors (Lipinski definition) is 4. The molecule has 4 rings (SSSR count). The molecule has 0 aromatic heterocycles. The average Bonchev–Trinajstić information content (AvgIpc) is 2.80. The van der Waals surface area contributed by atoms with Crippen LogP contribution in [0.1, 0.15) is 36.0 Å². The zero-order chi connectivity index (χ0) is 18.6. The number of amides is 1. The van der Waals surface area contributed by atoms with Crippen LogP contribution in [0.4, 0.5) is 17.1 Å². The molecule has 0 saturated carbocycles. The van der Waals surface area contributed by atoms with Crippen LogP contribution >= 0.6 is 11.6 Å². The molecule has 1 unspecified atom stereocenters. The number of nitrogens with one attached hydrogen (secondary N) is 1. The highest BCUT2D eigenvalue weighted by molar-refractivity contribution is 6.31. The van der Waals surface area contributed by atoms with E-state index >= 15 is 0 Å². The van der Waals surface area contributed by atoms with Gasteiger partial charge in [0.05, 0.1) is 29.2 Å². The van der Waals surface area contributed by atoms with Crippen LogP contribution in [-0.2, 0) is 9.47 Å². The number of halogens is 1. The van der Waals surface area contributed by atoms with E-state index in [1.165, 1.54) is 0 Å². The number of hydrogen-bond donors (Lipinski definition) is 1. The van der Waals surface area contributed by atoms with Crippen molar-refractivity contribution in [2.24, 2.45) is 0 Å². The van der Waals surface area contributed by atoms with Gasteiger partial charge in [-0.15, -0.1) is 0 Å². The van der Waals surface area contributed by atoms with E-state index in [1.54, 1.807) is 18.2 Å². The first kappa shape index (κ1) is 18.3. The van der Waals surface area contributed by atoms with Gasteiger partial charge in [0.1, 0.15) is 0 Å². The molecule has 2 aliphatic rings. The summed E-state index contributed by atoms with van der Waals surface area (Å²) in [4.78, 5) is 15.0. The number of ether oxygens (including phenoxy) is 2. The Labute approximate surface area is 164 Å². The molecule has 2 aromatic carbocycles. The summed E-state index contributed by atoms with van der Waals surface area (Å²) >= 11 is 6.12. The van der Waals surface area contributed by atoms with Gasteiger partial charge in [0.25, 0.3) is 5.91 Å². The van der Waals surface area contributed by atoms with E-state index in [2.05, 4.69) is 5.32 Å². The van der Waals surface area contributed by atoms with Gasteiger partial charge in [-0.05, 0) is 56.0 Å². The van der Waals surface area contributed by atoms with Crippen LogP contribution in [0.15, 0.2) is 42.5 Å². The molecule has 1 N–H and O–H groups in total. The highest BCUT2D eigenvalue weighted by atomic mass is 35.5. The van der Waals surface area contributed by atoms with Crippen LogP contribution in [0.25, 0.3) is 0 Å². The van der Waals surface area contributed by atoms with Gasteiger partial charge in [-0.1, -0.05) is 23.7 Å². The molecule has 2 aliphatic heterocycles. The molecule has 1 saturated heterocycles. The summed E-state index contributed by atoms with van der Waals surface area (Å²) in [6.45, 7) is 1.91. The number of nitrogens with zero attached hydrogens (tertiary/aromatic N) is 1. The fourth-order valence-electron chi connectivity index (χ4n) is 3.52. The zero-order valence-electron chi connectivity index (χ0n) is 15.1. The van der Waals surface area contributed by atoms with E-state index in [0.717, 1.165) is 49.4 Å². The Morgan fingerprint density at radius 3 is 2.93 bits per heavy atom. The van der Waals surface area contributed by atoms with Crippen molar-refractivity contribution < 1.29 is 14.3 Å². The Morgan fingerprint density at radius 2 is 2.07 bits per heavy atom. The summed E-state index contributed by atoms with van der Waals surface area (Å²) < 4.78 is 11.4. The lowest BCUT2D eigenvalue weighted by Gasteiger charge is -2.25. The van der Waals surface area contributed by atoms with Crippen LogP contribution in [0.5, 0.6) is 0 Å². The smallest absolute Gasteiger partial charge is 0.260 e. The van der Waals surface area contributed by atoms with Gasteiger partial charge in [-0.2, -0.15) is 0 Å². The Bertz CT molecular complexity index is 821. The van der Waals surface area contributed by atoms with Gasteiger partial charge in [-0.25, -0.2) is 0 Å². The second-order valence-electron chi connectivity index (χ2n) is 6.81. The molecular formula is C21H23ClN2O3. The third-order valence-corrected chi connectivity index (χ3v) is 5.12. The summed E-state index contributed by atoms with van der Waals surface area (Å²) in [6.07, 6.45) is 3.84. The molecule has 0 spiro atoms. The largest absolute Gasteiger partial charge is 0.353 e. The van der Waals surface area contributed by atoms with Gasteiger partial charge in [0, 0.05) is 18.2 Å². The molecule has 1 atom stereocenters. The zero-order valence-corrected chi connectivity index (χ0v) is 15.9. The van der Waals surface area contributed by atoms with Gasteiger partial charge in [0.2, 0.25) is 0 Å². The fraction of sp³-hybridized carbons (Fsp3) is 0.381. The predicted molar refractivity (Wildman–Crippen MR) is 107 cm³/mol. The number of carbonyl (C=O) groups is 1. The minimum absolute atomic E-state index is 0.0342. The third-order valence-electron chi connectivity index (χ3n) is 4.89. The summed E-state index contributed by atoms with van der Waals surface area (Å²) in [5.74, 6) is -0.0342. The van der Waals surface area contributed by atoms with Crippen LogP contribution in [-0.4, -0.2) is 32.0 Å². The molecule has 1 amide bonds. The van der Waals surface area contributed by atoms with Crippen LogP contribution in [0.3, 0.4) is 0 Å². The minimum Gasteiger partial charge on any atom is -0.353 e. The standard InChI is InChI=1S/C21H23ClN2O3/c22-15-9-10-16-18(14-15)23-17-6-1-2-7-19(17)24(21(16)25)11-5-13-27-20-8-3-4-12-26-20/h1-2,6-7,9-10,14,20,23H,3-5,8,11-13H2. The Kier molecular flexibility index (Phi) is 5.62. The number of fused-ring (bicyclic) bond motifs is 2. The third kappa shape index (κ3) is 4.10. The van der Waals surface area contributed by atoms with Crippen LogP contribution in [0, 0.1) is 0 Å². The molecule has 6 heteroatoms. The number of carbonyl (C=O) groups excluding carboxylic acids is 1. The predicted octanol–water partition coefficient (Wildman–Crippen LogP) is 4.98. The summed E-state index contributed by atoms with van der Waals surface area (Å²) in [5.41, 5.74) is 3.11. The summed E-state index contributed by atoms with van der Waals surface area (Å²) in [6, 6.07) is 13.1. The Balaban J connectivity index is 1.50. The second kappa shape index (κ2) is 8.30. The highest BCUT2D eigenvalue weighted by Gasteiger charge is 2.26. The Morgan fingerprint density at radius 1 is 1.19 bits per heavy atom. The molecule has 2 heterocycles. The molecular weight excluding hydrogens is 364 g/mol. The van der Waals surface area contributed by atoms with E-state index in [1.807, 2.05) is 29.2 Å². The molecule has 1 fully saturated rings. The van der Waals surface area contributed by atoms with Gasteiger partial charge in [0.15, 0.2) is 6.29 Å². The van der Waals surface area contributed by atoms with Crippen LogP contribution < -0.4 is 10.2 Å². The lowest BCUT2D eigenvalue weighted by Crippen LogP contribution is -2.32. The van der Waals surface area contributed by atoms with E-state index in [0.29, 0.717) is 23.7 Å². The van der Waals surface area contributed by atoms with E-state index in [9.17, 15) is 4.79 Å². The fourth-order valence-corrected chi connectivity index (χ4v) is 3.70. The maximum absolute atomic E-state index is 13.2. The van der Waals surface area contributed by atoms with Crippen molar-refractivity contribution in [3.05, 3.63) is 53.1 Å². The van der Waals surface area contributed by atoms with E-state index in [-0.39, 0.29) is 12.2 Å². The summed E-state index contributed by atoms with van der Waals surface area (Å²) in [7, 11) is 0. The van der Waals surface area contributed by atoms with Crippen LogP contribution in [0.2, 0.25) is 5.02 Å². The lowest BCUT2D eigenvalue weighted by molar-refractivity contribution is -0.162. The first-order valence-corrected chi connectivity index (χ1v) is 9.81. The number of rotatable bonds is 5. The number of anilines is 3. The van der Waals surface area contributed by atoms with E-state index in [4.69, 9.17) is 21.1 Å². The van der Waals surface area contributed by atoms with Crippen molar-refractivity contribution >= 4 is 34.6 Å². The second-order valence-corrected chi connectivity index (χ2v) is 7.25. The molecule has 0 aliphatic carbocycles. The normalized spacial score (nSPS) is 19.1. The number of para-hydroxylation sites is 2. The molecule has 27 heavy (non-hydrogen) atoms. The molecule has 142 valence electrons. The van der Waals surface area contributed by atoms with Crippen molar-refractivity contribution in [2.45, 2.75) is 32.0 Å². The maximum atomic E-state index is 13.2. The number of benzene rings is 2. The first-order valence-electron chi connectivity index (χ1n) is 9.43. The van der Waals surface area contributed by atoms with E-state index < -0.39 is 0 Å². The minimum atomic E-state index is -0.101. The SMILES string of the molecule is O=C1c2ccc(Cl)cc2Nc2ccccc2N1CCCOC1CCCCO1. The first-order chi connectivity index (χ1) is 13.2. The highest BCUT2D eigenvalue weighted by Crippen LogP contribution is 2.36. The molecule has 0 bridgehead atoms. The van der Waals surface area contributed by atoms with Crippen molar-refractivity contribution in [1.82, 2.24) is 0 Å². The lowest BCUT2D eigenvalue weighted by atomic mass is 10.1. The maximum Gasteiger partial charge on any atom is 0.260 e. The molecule has 0 radical (unpaired) electrons. The quantitative estimate of drug-likeness (QED) is 0.736. The van der Waals surface area contributed by atoms with Gasteiger partial charge in [-0.3, -0.25) is 4.79 Å². The molecule has 5 nitrogen and oxygen atoms in total. The Hall–Kier alpha value is -2.08. The topological polar surface area (TPSA) is 50.8 Å². The van der Waals surface area contributed by atoms with Gasteiger partial charge < -0.3 is 19.7 Å². The van der Waals surface area contributed by atoms with Crippen molar-refractivity contribution in [1.29, 1.82) is 0 Å². The van der Waals surface area contributed by atoms with Crippen molar-refractivity contribution in [2.75, 3.05) is 30.0 Å². The summed E-state index contributed by atoms with van der Waals surface area (Å²) in [5, 5.41) is 3.95. The average molecular weight is 387 g/mol. The molecule has 2 aromatic rings. The van der Waals surface area contributed by atoms with Crippen molar-refractivity contribution in [3.8, 4) is 0 Å².